The molecule has 0 saturated carbocycles. The van der Waals surface area contributed by atoms with Crippen molar-refractivity contribution in [1.29, 1.82) is 0 Å². The number of ether oxygens (including phenoxy) is 1. The molecule has 0 aromatic heterocycles. The first kappa shape index (κ1) is 21.2. The molecule has 1 saturated heterocycles. The quantitative estimate of drug-likeness (QED) is 0.696. The molecule has 0 unspecified atom stereocenters. The first-order valence-corrected chi connectivity index (χ1v) is 10.8. The average molecular weight is 395 g/mol. The Hall–Kier alpha value is -2.49. The highest BCUT2D eigenvalue weighted by molar-refractivity contribution is 5.81. The van der Waals surface area contributed by atoms with E-state index in [0.717, 1.165) is 30.3 Å². The van der Waals surface area contributed by atoms with Crippen molar-refractivity contribution in [3.63, 3.8) is 0 Å². The lowest BCUT2D eigenvalue weighted by Crippen LogP contribution is -2.39. The number of nitrogens with zero attached hydrogens (tertiary/aromatic N) is 1. The van der Waals surface area contributed by atoms with Crippen LogP contribution in [0.15, 0.2) is 48.5 Å². The Morgan fingerprint density at radius 2 is 1.86 bits per heavy atom. The van der Waals surface area contributed by atoms with Gasteiger partial charge in [0, 0.05) is 18.8 Å². The van der Waals surface area contributed by atoms with E-state index in [1.54, 1.807) is 0 Å². The standard InChI is InChI=1S/C25H34N2O2/c1-5-24(29-23-14-8-18(2)9-15-23)25(28)26-20(4)21-10-12-22(13-11-21)27-16-6-7-19(3)17-27/h8-15,19-20,24H,5-7,16-17H2,1-4H3,(H,26,28)/t19-,20-,24-/m0/s1. The zero-order valence-electron chi connectivity index (χ0n) is 18.2. The highest BCUT2D eigenvalue weighted by Gasteiger charge is 2.21. The number of benzene rings is 2. The topological polar surface area (TPSA) is 41.6 Å². The molecule has 0 bridgehead atoms. The molecular weight excluding hydrogens is 360 g/mol. The van der Waals surface area contributed by atoms with Crippen molar-refractivity contribution in [1.82, 2.24) is 5.32 Å². The minimum Gasteiger partial charge on any atom is -0.481 e. The molecule has 29 heavy (non-hydrogen) atoms. The molecule has 156 valence electrons. The van der Waals surface area contributed by atoms with Gasteiger partial charge in [0.05, 0.1) is 6.04 Å². The van der Waals surface area contributed by atoms with Crippen molar-refractivity contribution < 1.29 is 9.53 Å². The van der Waals surface area contributed by atoms with Gasteiger partial charge >= 0.3 is 0 Å². The van der Waals surface area contributed by atoms with Gasteiger partial charge in [-0.15, -0.1) is 0 Å². The molecule has 2 aromatic rings. The number of hydrogen-bond donors (Lipinski definition) is 1. The van der Waals surface area contributed by atoms with E-state index in [1.165, 1.54) is 24.1 Å². The second-order valence-electron chi connectivity index (χ2n) is 8.34. The summed E-state index contributed by atoms with van der Waals surface area (Å²) in [4.78, 5) is 15.2. The SMILES string of the molecule is CC[C@H](Oc1ccc(C)cc1)C(=O)N[C@@H](C)c1ccc(N2CCC[C@H](C)C2)cc1. The second-order valence-corrected chi connectivity index (χ2v) is 8.34. The normalized spacial score (nSPS) is 18.8. The molecule has 1 aliphatic heterocycles. The summed E-state index contributed by atoms with van der Waals surface area (Å²) < 4.78 is 5.91. The summed E-state index contributed by atoms with van der Waals surface area (Å²) in [6, 6.07) is 16.4. The van der Waals surface area contributed by atoms with Crippen LogP contribution in [0.25, 0.3) is 0 Å². The fourth-order valence-corrected chi connectivity index (χ4v) is 3.89. The molecule has 4 heteroatoms. The van der Waals surface area contributed by atoms with E-state index < -0.39 is 6.10 Å². The van der Waals surface area contributed by atoms with Gasteiger partial charge in [0.1, 0.15) is 5.75 Å². The van der Waals surface area contributed by atoms with Gasteiger partial charge < -0.3 is 15.0 Å². The third-order valence-corrected chi connectivity index (χ3v) is 5.74. The maximum Gasteiger partial charge on any atom is 0.261 e. The van der Waals surface area contributed by atoms with Crippen molar-refractivity contribution in [2.75, 3.05) is 18.0 Å². The highest BCUT2D eigenvalue weighted by atomic mass is 16.5. The van der Waals surface area contributed by atoms with E-state index in [-0.39, 0.29) is 11.9 Å². The zero-order chi connectivity index (χ0) is 20.8. The van der Waals surface area contributed by atoms with Gasteiger partial charge in [-0.25, -0.2) is 0 Å². The minimum absolute atomic E-state index is 0.0625. The Balaban J connectivity index is 1.58. The third-order valence-electron chi connectivity index (χ3n) is 5.74. The predicted octanol–water partition coefficient (Wildman–Crippen LogP) is 5.27. The molecule has 1 aliphatic rings. The maximum atomic E-state index is 12.7. The fraction of sp³-hybridized carbons (Fsp3) is 0.480. The number of nitrogens with one attached hydrogen (secondary N) is 1. The van der Waals surface area contributed by atoms with Gasteiger partial charge in [-0.2, -0.15) is 0 Å². The van der Waals surface area contributed by atoms with E-state index in [4.69, 9.17) is 4.74 Å². The van der Waals surface area contributed by atoms with Gasteiger partial charge in [-0.3, -0.25) is 4.79 Å². The summed E-state index contributed by atoms with van der Waals surface area (Å²) in [5, 5.41) is 3.11. The molecule has 2 aromatic carbocycles. The van der Waals surface area contributed by atoms with Gasteiger partial charge in [0.2, 0.25) is 0 Å². The number of amides is 1. The summed E-state index contributed by atoms with van der Waals surface area (Å²) in [5.41, 5.74) is 3.55. The van der Waals surface area contributed by atoms with Crippen LogP contribution in [0.1, 0.15) is 57.2 Å². The lowest BCUT2D eigenvalue weighted by atomic mass is 9.99. The molecule has 1 amide bonds. The molecule has 3 rings (SSSR count). The van der Waals surface area contributed by atoms with Gasteiger partial charge in [-0.1, -0.05) is 43.7 Å². The minimum atomic E-state index is -0.491. The van der Waals surface area contributed by atoms with Crippen LogP contribution in [-0.2, 0) is 4.79 Å². The first-order chi connectivity index (χ1) is 14.0. The molecule has 0 aliphatic carbocycles. The van der Waals surface area contributed by atoms with Crippen molar-refractivity contribution in [2.45, 2.75) is 59.1 Å². The predicted molar refractivity (Wildman–Crippen MR) is 119 cm³/mol. The number of hydrogen-bond acceptors (Lipinski definition) is 3. The van der Waals surface area contributed by atoms with Crippen molar-refractivity contribution in [3.05, 3.63) is 59.7 Å². The van der Waals surface area contributed by atoms with E-state index in [0.29, 0.717) is 6.42 Å². The number of carbonyl (C=O) groups excluding carboxylic acids is 1. The molecule has 0 spiro atoms. The molecule has 1 N–H and O–H groups in total. The number of aryl methyl sites for hydroxylation is 1. The fourth-order valence-electron chi connectivity index (χ4n) is 3.89. The summed E-state index contributed by atoms with van der Waals surface area (Å²) in [6.45, 7) is 10.6. The Morgan fingerprint density at radius 3 is 2.48 bits per heavy atom. The lowest BCUT2D eigenvalue weighted by Gasteiger charge is -2.33. The molecular formula is C25H34N2O2. The Bertz CT molecular complexity index is 785. The van der Waals surface area contributed by atoms with Crippen LogP contribution >= 0.6 is 0 Å². The Labute approximate surface area is 175 Å². The van der Waals surface area contributed by atoms with Crippen LogP contribution in [0.4, 0.5) is 5.69 Å². The van der Waals surface area contributed by atoms with Crippen LogP contribution in [0.3, 0.4) is 0 Å². The van der Waals surface area contributed by atoms with E-state index in [9.17, 15) is 4.79 Å². The monoisotopic (exact) mass is 394 g/mol. The molecule has 1 fully saturated rings. The van der Waals surface area contributed by atoms with Crippen molar-refractivity contribution in [2.24, 2.45) is 5.92 Å². The number of rotatable bonds is 7. The van der Waals surface area contributed by atoms with Crippen molar-refractivity contribution in [3.8, 4) is 5.75 Å². The molecule has 1 heterocycles. The molecule has 0 radical (unpaired) electrons. The van der Waals surface area contributed by atoms with Crippen LogP contribution in [0.2, 0.25) is 0 Å². The summed E-state index contributed by atoms with van der Waals surface area (Å²) in [6.07, 6.45) is 2.71. The van der Waals surface area contributed by atoms with Crippen LogP contribution in [0.5, 0.6) is 5.75 Å². The largest absolute Gasteiger partial charge is 0.481 e. The maximum absolute atomic E-state index is 12.7. The van der Waals surface area contributed by atoms with Gasteiger partial charge in [0.25, 0.3) is 5.91 Å². The first-order valence-electron chi connectivity index (χ1n) is 10.8. The summed E-state index contributed by atoms with van der Waals surface area (Å²) in [5.74, 6) is 1.40. The third kappa shape index (κ3) is 5.75. The molecule has 3 atom stereocenters. The summed E-state index contributed by atoms with van der Waals surface area (Å²) >= 11 is 0. The van der Waals surface area contributed by atoms with Gasteiger partial charge in [-0.05, 0) is 68.9 Å². The highest BCUT2D eigenvalue weighted by Crippen LogP contribution is 2.25. The van der Waals surface area contributed by atoms with Crippen LogP contribution in [0, 0.1) is 12.8 Å². The number of carbonyl (C=O) groups is 1. The molecule has 4 nitrogen and oxygen atoms in total. The van der Waals surface area contributed by atoms with Gasteiger partial charge in [0.15, 0.2) is 6.10 Å². The number of anilines is 1. The summed E-state index contributed by atoms with van der Waals surface area (Å²) in [7, 11) is 0. The smallest absolute Gasteiger partial charge is 0.261 e. The Morgan fingerprint density at radius 1 is 1.17 bits per heavy atom. The number of piperidine rings is 1. The van der Waals surface area contributed by atoms with Crippen LogP contribution in [-0.4, -0.2) is 25.1 Å². The van der Waals surface area contributed by atoms with Crippen LogP contribution < -0.4 is 15.0 Å². The van der Waals surface area contributed by atoms with Crippen molar-refractivity contribution >= 4 is 11.6 Å². The zero-order valence-corrected chi connectivity index (χ0v) is 18.2. The van der Waals surface area contributed by atoms with E-state index >= 15 is 0 Å². The van der Waals surface area contributed by atoms with E-state index in [2.05, 4.69) is 41.4 Å². The lowest BCUT2D eigenvalue weighted by molar-refractivity contribution is -0.128. The van der Waals surface area contributed by atoms with E-state index in [1.807, 2.05) is 45.0 Å². The Kier molecular flexibility index (Phi) is 7.18. The average Bonchev–Trinajstić information content (AvgIpc) is 2.73. The second kappa shape index (κ2) is 9.82.